The molecule has 0 aliphatic carbocycles. The van der Waals surface area contributed by atoms with Gasteiger partial charge in [-0.2, -0.15) is 0 Å². The third-order valence-electron chi connectivity index (χ3n) is 5.07. The lowest BCUT2D eigenvalue weighted by atomic mass is 10.1. The van der Waals surface area contributed by atoms with Gasteiger partial charge in [0.25, 0.3) is 0 Å². The molecule has 1 fully saturated rings. The summed E-state index contributed by atoms with van der Waals surface area (Å²) in [4.78, 5) is 16.6. The molecule has 0 bridgehead atoms. The number of nitrogens with zero attached hydrogens (tertiary/aromatic N) is 3. The number of furan rings is 1. The molecule has 7 heteroatoms. The van der Waals surface area contributed by atoms with Crippen LogP contribution in [-0.2, 0) is 6.54 Å². The molecule has 1 aliphatic rings. The number of likely N-dealkylation sites (tertiary alicyclic amines) is 1. The van der Waals surface area contributed by atoms with Crippen molar-refractivity contribution in [3.8, 4) is 0 Å². The number of carbonyl (C=O) groups excluding carboxylic acids is 1. The Morgan fingerprint density at radius 2 is 2.12 bits per heavy atom. The van der Waals surface area contributed by atoms with Gasteiger partial charge in [-0.15, -0.1) is 0 Å². The molecule has 1 unspecified atom stereocenters. The molecular weight excluding hydrogens is 332 g/mol. The van der Waals surface area contributed by atoms with E-state index < -0.39 is 0 Å². The van der Waals surface area contributed by atoms with Crippen molar-refractivity contribution in [2.75, 3.05) is 26.7 Å². The third-order valence-corrected chi connectivity index (χ3v) is 5.07. The van der Waals surface area contributed by atoms with E-state index in [1.165, 1.54) is 19.3 Å². The Labute approximate surface area is 154 Å². The van der Waals surface area contributed by atoms with Crippen molar-refractivity contribution in [1.82, 2.24) is 20.3 Å². The van der Waals surface area contributed by atoms with Crippen molar-refractivity contribution in [3.63, 3.8) is 0 Å². The van der Waals surface area contributed by atoms with Crippen LogP contribution >= 0.6 is 0 Å². The molecule has 2 amide bonds. The van der Waals surface area contributed by atoms with Gasteiger partial charge in [0.15, 0.2) is 0 Å². The number of urea groups is 1. The van der Waals surface area contributed by atoms with E-state index in [-0.39, 0.29) is 12.1 Å². The Morgan fingerprint density at radius 1 is 1.35 bits per heavy atom. The number of aryl methyl sites for hydroxylation is 2. The maximum Gasteiger partial charge on any atom is 0.317 e. The summed E-state index contributed by atoms with van der Waals surface area (Å²) >= 11 is 0. The first-order valence-electron chi connectivity index (χ1n) is 9.24. The molecule has 0 radical (unpaired) electrons. The van der Waals surface area contributed by atoms with Gasteiger partial charge < -0.3 is 19.2 Å². The standard InChI is InChI=1S/C19H28N4O3/c1-14-16(15(2)26-21-14)13-22(3)19(24)20-12-17(18-8-7-11-25-18)23-9-5-4-6-10-23/h7-8,11,17H,4-6,9-10,12-13H2,1-3H3,(H,20,24). The molecule has 3 rings (SSSR count). The van der Waals surface area contributed by atoms with E-state index in [9.17, 15) is 4.79 Å². The van der Waals surface area contributed by atoms with E-state index in [0.29, 0.717) is 13.1 Å². The number of hydrogen-bond acceptors (Lipinski definition) is 5. The van der Waals surface area contributed by atoms with Gasteiger partial charge in [0, 0.05) is 19.2 Å². The van der Waals surface area contributed by atoms with Crippen molar-refractivity contribution in [2.24, 2.45) is 0 Å². The summed E-state index contributed by atoms with van der Waals surface area (Å²) in [6.07, 6.45) is 5.35. The van der Waals surface area contributed by atoms with Gasteiger partial charge in [-0.1, -0.05) is 11.6 Å². The first-order chi connectivity index (χ1) is 12.6. The summed E-state index contributed by atoms with van der Waals surface area (Å²) in [5.41, 5.74) is 1.78. The third kappa shape index (κ3) is 4.27. The molecule has 1 atom stereocenters. The van der Waals surface area contributed by atoms with Crippen LogP contribution in [0.25, 0.3) is 0 Å². The Morgan fingerprint density at radius 3 is 2.73 bits per heavy atom. The molecule has 0 spiro atoms. The Hall–Kier alpha value is -2.28. The average Bonchev–Trinajstić information content (AvgIpc) is 3.28. The molecular formula is C19H28N4O3. The monoisotopic (exact) mass is 360 g/mol. The zero-order valence-electron chi connectivity index (χ0n) is 15.8. The van der Waals surface area contributed by atoms with Crippen LogP contribution in [0.15, 0.2) is 27.3 Å². The van der Waals surface area contributed by atoms with Crippen molar-refractivity contribution in [3.05, 3.63) is 41.2 Å². The quantitative estimate of drug-likeness (QED) is 0.856. The number of rotatable bonds is 6. The summed E-state index contributed by atoms with van der Waals surface area (Å²) in [6, 6.07) is 3.84. The fourth-order valence-corrected chi connectivity index (χ4v) is 3.48. The molecule has 2 aromatic heterocycles. The topological polar surface area (TPSA) is 74.8 Å². The fourth-order valence-electron chi connectivity index (χ4n) is 3.48. The minimum atomic E-state index is -0.112. The molecule has 0 saturated carbocycles. The first-order valence-corrected chi connectivity index (χ1v) is 9.24. The van der Waals surface area contributed by atoms with Gasteiger partial charge >= 0.3 is 6.03 Å². The van der Waals surface area contributed by atoms with Crippen molar-refractivity contribution in [1.29, 1.82) is 0 Å². The largest absolute Gasteiger partial charge is 0.468 e. The lowest BCUT2D eigenvalue weighted by Crippen LogP contribution is -2.44. The molecule has 7 nitrogen and oxygen atoms in total. The summed E-state index contributed by atoms with van der Waals surface area (Å²) in [7, 11) is 1.78. The van der Waals surface area contributed by atoms with Crippen LogP contribution in [0.3, 0.4) is 0 Å². The van der Waals surface area contributed by atoms with Gasteiger partial charge in [-0.25, -0.2) is 4.79 Å². The highest BCUT2D eigenvalue weighted by Crippen LogP contribution is 2.24. The minimum Gasteiger partial charge on any atom is -0.468 e. The lowest BCUT2D eigenvalue weighted by Gasteiger charge is -2.33. The highest BCUT2D eigenvalue weighted by molar-refractivity contribution is 5.73. The number of piperidine rings is 1. The highest BCUT2D eigenvalue weighted by atomic mass is 16.5. The molecule has 2 aromatic rings. The van der Waals surface area contributed by atoms with Crippen LogP contribution in [0, 0.1) is 13.8 Å². The van der Waals surface area contributed by atoms with E-state index >= 15 is 0 Å². The van der Waals surface area contributed by atoms with E-state index in [2.05, 4.69) is 15.4 Å². The Balaban J connectivity index is 1.60. The number of amides is 2. The second-order valence-corrected chi connectivity index (χ2v) is 6.97. The van der Waals surface area contributed by atoms with E-state index in [1.54, 1.807) is 18.2 Å². The van der Waals surface area contributed by atoms with Crippen LogP contribution in [-0.4, -0.2) is 47.7 Å². The molecule has 0 aromatic carbocycles. The van der Waals surface area contributed by atoms with Crippen molar-refractivity contribution >= 4 is 6.03 Å². The molecule has 3 heterocycles. The van der Waals surface area contributed by atoms with Gasteiger partial charge in [0.05, 0.1) is 24.5 Å². The number of aromatic nitrogens is 1. The predicted molar refractivity (Wildman–Crippen MR) is 97.7 cm³/mol. The predicted octanol–water partition coefficient (Wildman–Crippen LogP) is 3.25. The van der Waals surface area contributed by atoms with E-state index in [1.807, 2.05) is 26.0 Å². The number of carbonyl (C=O) groups is 1. The second kappa shape index (κ2) is 8.40. The summed E-state index contributed by atoms with van der Waals surface area (Å²) in [5, 5.41) is 7.00. The van der Waals surface area contributed by atoms with Gasteiger partial charge in [-0.05, 0) is 51.9 Å². The van der Waals surface area contributed by atoms with Gasteiger partial charge in [-0.3, -0.25) is 4.90 Å². The molecule has 1 aliphatic heterocycles. The number of hydrogen-bond donors (Lipinski definition) is 1. The molecule has 142 valence electrons. The maximum absolute atomic E-state index is 12.6. The van der Waals surface area contributed by atoms with Gasteiger partial charge in [0.2, 0.25) is 0 Å². The summed E-state index contributed by atoms with van der Waals surface area (Å²) in [5.74, 6) is 1.66. The molecule has 1 N–H and O–H groups in total. The summed E-state index contributed by atoms with van der Waals surface area (Å²) < 4.78 is 10.8. The minimum absolute atomic E-state index is 0.0710. The van der Waals surface area contributed by atoms with Crippen LogP contribution < -0.4 is 5.32 Å². The van der Waals surface area contributed by atoms with Crippen molar-refractivity contribution < 1.29 is 13.7 Å². The van der Waals surface area contributed by atoms with E-state index in [0.717, 1.165) is 35.9 Å². The van der Waals surface area contributed by atoms with Crippen LogP contribution in [0.4, 0.5) is 4.79 Å². The normalized spacial score (nSPS) is 16.4. The fraction of sp³-hybridized carbons (Fsp3) is 0.579. The lowest BCUT2D eigenvalue weighted by molar-refractivity contribution is 0.140. The van der Waals surface area contributed by atoms with Crippen LogP contribution in [0.2, 0.25) is 0 Å². The Bertz CT molecular complexity index is 685. The number of nitrogens with one attached hydrogen (secondary N) is 1. The van der Waals surface area contributed by atoms with Gasteiger partial charge in [0.1, 0.15) is 11.5 Å². The Kier molecular flexibility index (Phi) is 5.98. The average molecular weight is 360 g/mol. The highest BCUT2D eigenvalue weighted by Gasteiger charge is 2.25. The molecule has 1 saturated heterocycles. The van der Waals surface area contributed by atoms with E-state index in [4.69, 9.17) is 8.94 Å². The van der Waals surface area contributed by atoms with Crippen LogP contribution in [0.5, 0.6) is 0 Å². The zero-order valence-corrected chi connectivity index (χ0v) is 15.8. The first kappa shape index (κ1) is 18.5. The second-order valence-electron chi connectivity index (χ2n) is 6.97. The maximum atomic E-state index is 12.6. The SMILES string of the molecule is Cc1noc(C)c1CN(C)C(=O)NCC(c1ccco1)N1CCCCC1. The molecule has 26 heavy (non-hydrogen) atoms. The van der Waals surface area contributed by atoms with Crippen molar-refractivity contribution in [2.45, 2.75) is 45.7 Å². The smallest absolute Gasteiger partial charge is 0.317 e. The van der Waals surface area contributed by atoms with Crippen LogP contribution in [0.1, 0.15) is 48.1 Å². The summed E-state index contributed by atoms with van der Waals surface area (Å²) in [6.45, 7) is 6.83. The zero-order chi connectivity index (χ0) is 18.5.